The molecule has 0 aliphatic carbocycles. The van der Waals surface area contributed by atoms with E-state index in [4.69, 9.17) is 11.6 Å². The zero-order chi connectivity index (χ0) is 21.1. The van der Waals surface area contributed by atoms with Gasteiger partial charge in [0.2, 0.25) is 5.91 Å². The molecule has 1 amide bonds. The minimum absolute atomic E-state index is 0.0620. The molecular formula is C22H24ClN5OS. The summed E-state index contributed by atoms with van der Waals surface area (Å²) in [5, 5.41) is 12.9. The molecule has 1 fully saturated rings. The van der Waals surface area contributed by atoms with E-state index in [0.29, 0.717) is 10.2 Å². The first kappa shape index (κ1) is 20.8. The van der Waals surface area contributed by atoms with Gasteiger partial charge < -0.3 is 14.8 Å². The van der Waals surface area contributed by atoms with Crippen LogP contribution in [0.15, 0.2) is 47.6 Å². The summed E-state index contributed by atoms with van der Waals surface area (Å²) in [5.74, 6) is 0.941. The van der Waals surface area contributed by atoms with Crippen LogP contribution in [0.1, 0.15) is 18.4 Å². The molecule has 0 unspecified atom stereocenters. The maximum Gasteiger partial charge on any atom is 0.234 e. The molecule has 0 saturated carbocycles. The minimum atomic E-state index is -0.0620. The first-order valence-electron chi connectivity index (χ1n) is 9.95. The van der Waals surface area contributed by atoms with Crippen molar-refractivity contribution in [3.8, 4) is 11.4 Å². The number of aromatic nitrogens is 3. The van der Waals surface area contributed by atoms with Gasteiger partial charge in [-0.2, -0.15) is 0 Å². The summed E-state index contributed by atoms with van der Waals surface area (Å²) in [5.41, 5.74) is 4.08. The summed E-state index contributed by atoms with van der Waals surface area (Å²) in [7, 11) is 1.89. The Bertz CT molecular complexity index is 1040. The fraction of sp³-hybridized carbons (Fsp3) is 0.318. The molecule has 4 rings (SSSR count). The Morgan fingerprint density at radius 3 is 2.57 bits per heavy atom. The zero-order valence-electron chi connectivity index (χ0n) is 17.1. The van der Waals surface area contributed by atoms with E-state index in [1.165, 1.54) is 30.3 Å². The topological polar surface area (TPSA) is 63.1 Å². The summed E-state index contributed by atoms with van der Waals surface area (Å²) in [4.78, 5) is 14.9. The largest absolute Gasteiger partial charge is 0.372 e. The summed E-state index contributed by atoms with van der Waals surface area (Å²) >= 11 is 7.32. The molecule has 3 aromatic rings. The first-order chi connectivity index (χ1) is 14.5. The number of anilines is 2. The number of carbonyl (C=O) groups is 1. The van der Waals surface area contributed by atoms with Gasteiger partial charge >= 0.3 is 0 Å². The van der Waals surface area contributed by atoms with E-state index in [2.05, 4.69) is 32.5 Å². The Morgan fingerprint density at radius 2 is 1.87 bits per heavy atom. The highest BCUT2D eigenvalue weighted by Crippen LogP contribution is 2.27. The van der Waals surface area contributed by atoms with Crippen LogP contribution in [-0.2, 0) is 11.8 Å². The van der Waals surface area contributed by atoms with Gasteiger partial charge in [-0.05, 0) is 67.8 Å². The van der Waals surface area contributed by atoms with Gasteiger partial charge in [-0.1, -0.05) is 23.4 Å². The van der Waals surface area contributed by atoms with E-state index in [1.807, 2.05) is 48.9 Å². The zero-order valence-corrected chi connectivity index (χ0v) is 18.6. The predicted octanol–water partition coefficient (Wildman–Crippen LogP) is 4.77. The summed E-state index contributed by atoms with van der Waals surface area (Å²) in [6.07, 6.45) is 2.49. The Balaban J connectivity index is 1.36. The van der Waals surface area contributed by atoms with Crippen molar-refractivity contribution in [2.75, 3.05) is 29.1 Å². The van der Waals surface area contributed by atoms with Crippen molar-refractivity contribution in [1.29, 1.82) is 0 Å². The van der Waals surface area contributed by atoms with Gasteiger partial charge in [0.15, 0.2) is 11.0 Å². The second-order valence-electron chi connectivity index (χ2n) is 7.40. The highest BCUT2D eigenvalue weighted by atomic mass is 35.5. The second kappa shape index (κ2) is 9.10. The lowest BCUT2D eigenvalue weighted by Gasteiger charge is -2.19. The van der Waals surface area contributed by atoms with Gasteiger partial charge in [0.25, 0.3) is 0 Å². The third kappa shape index (κ3) is 4.63. The summed E-state index contributed by atoms with van der Waals surface area (Å²) in [6, 6.07) is 13.7. The molecule has 8 heteroatoms. The SMILES string of the molecule is Cc1cc(N2CCCC2)ccc1NC(=O)CSc1nnc(-c2ccc(Cl)cc2)n1C. The van der Waals surface area contributed by atoms with Crippen molar-refractivity contribution in [3.63, 3.8) is 0 Å². The Kier molecular flexibility index (Phi) is 6.29. The van der Waals surface area contributed by atoms with Crippen LogP contribution in [0.25, 0.3) is 11.4 Å². The molecule has 1 aliphatic rings. The predicted molar refractivity (Wildman–Crippen MR) is 123 cm³/mol. The maximum absolute atomic E-state index is 12.5. The van der Waals surface area contributed by atoms with Gasteiger partial charge in [-0.15, -0.1) is 10.2 Å². The lowest BCUT2D eigenvalue weighted by molar-refractivity contribution is -0.113. The summed E-state index contributed by atoms with van der Waals surface area (Å²) < 4.78 is 1.89. The van der Waals surface area contributed by atoms with Gasteiger partial charge in [0.1, 0.15) is 0 Å². The van der Waals surface area contributed by atoms with Crippen molar-refractivity contribution < 1.29 is 4.79 Å². The maximum atomic E-state index is 12.5. The molecule has 0 bridgehead atoms. The number of rotatable bonds is 6. The molecule has 1 aliphatic heterocycles. The van der Waals surface area contributed by atoms with Crippen molar-refractivity contribution in [3.05, 3.63) is 53.1 Å². The van der Waals surface area contributed by atoms with E-state index in [-0.39, 0.29) is 11.7 Å². The normalized spacial score (nSPS) is 13.6. The van der Waals surface area contributed by atoms with E-state index in [9.17, 15) is 4.79 Å². The number of nitrogens with one attached hydrogen (secondary N) is 1. The van der Waals surface area contributed by atoms with Crippen LogP contribution in [0, 0.1) is 6.92 Å². The Morgan fingerprint density at radius 1 is 1.13 bits per heavy atom. The van der Waals surface area contributed by atoms with E-state index < -0.39 is 0 Å². The van der Waals surface area contributed by atoms with Crippen molar-refractivity contribution in [2.24, 2.45) is 7.05 Å². The van der Waals surface area contributed by atoms with Crippen LogP contribution in [0.5, 0.6) is 0 Å². The molecule has 2 aromatic carbocycles. The van der Waals surface area contributed by atoms with E-state index in [0.717, 1.165) is 35.7 Å². The first-order valence-corrected chi connectivity index (χ1v) is 11.3. The van der Waals surface area contributed by atoms with Crippen LogP contribution < -0.4 is 10.2 Å². The number of benzene rings is 2. The molecule has 156 valence electrons. The number of amides is 1. The number of aryl methyl sites for hydroxylation is 1. The Hall–Kier alpha value is -2.51. The minimum Gasteiger partial charge on any atom is -0.372 e. The standard InChI is InChI=1S/C22H24ClN5OS/c1-15-13-18(28-11-3-4-12-28)9-10-19(15)24-20(29)14-30-22-26-25-21(27(22)2)16-5-7-17(23)8-6-16/h5-10,13H,3-4,11-12,14H2,1-2H3,(H,24,29). The van der Waals surface area contributed by atoms with Gasteiger partial charge in [-0.3, -0.25) is 4.79 Å². The molecule has 0 atom stereocenters. The molecule has 1 saturated heterocycles. The molecule has 2 heterocycles. The molecule has 6 nitrogen and oxygen atoms in total. The molecule has 1 N–H and O–H groups in total. The monoisotopic (exact) mass is 441 g/mol. The van der Waals surface area contributed by atoms with Crippen molar-refractivity contribution in [1.82, 2.24) is 14.8 Å². The van der Waals surface area contributed by atoms with Crippen LogP contribution in [0.2, 0.25) is 5.02 Å². The number of thioether (sulfide) groups is 1. The average Bonchev–Trinajstić information content (AvgIpc) is 3.39. The molecule has 1 aromatic heterocycles. The fourth-order valence-electron chi connectivity index (χ4n) is 3.57. The van der Waals surface area contributed by atoms with Crippen LogP contribution in [-0.4, -0.2) is 39.5 Å². The van der Waals surface area contributed by atoms with Crippen LogP contribution in [0.3, 0.4) is 0 Å². The number of hydrogen-bond acceptors (Lipinski definition) is 5. The lowest BCUT2D eigenvalue weighted by atomic mass is 10.1. The Labute approximate surface area is 185 Å². The molecule has 0 radical (unpaired) electrons. The van der Waals surface area contributed by atoms with Crippen molar-refractivity contribution in [2.45, 2.75) is 24.9 Å². The number of carbonyl (C=O) groups excluding carboxylic acids is 1. The third-order valence-corrected chi connectivity index (χ3v) is 6.50. The van der Waals surface area contributed by atoms with Crippen LogP contribution in [0.4, 0.5) is 11.4 Å². The summed E-state index contributed by atoms with van der Waals surface area (Å²) in [6.45, 7) is 4.25. The van der Waals surface area contributed by atoms with E-state index in [1.54, 1.807) is 0 Å². The van der Waals surface area contributed by atoms with Crippen molar-refractivity contribution >= 4 is 40.6 Å². The average molecular weight is 442 g/mol. The number of hydrogen-bond donors (Lipinski definition) is 1. The van der Waals surface area contributed by atoms with Gasteiger partial charge in [-0.25, -0.2) is 0 Å². The van der Waals surface area contributed by atoms with Crippen LogP contribution >= 0.6 is 23.4 Å². The number of halogens is 1. The van der Waals surface area contributed by atoms with Gasteiger partial charge in [0, 0.05) is 42.1 Å². The fourth-order valence-corrected chi connectivity index (χ4v) is 4.40. The number of nitrogens with zero attached hydrogens (tertiary/aromatic N) is 4. The molecule has 0 spiro atoms. The second-order valence-corrected chi connectivity index (χ2v) is 8.78. The highest BCUT2D eigenvalue weighted by Gasteiger charge is 2.15. The highest BCUT2D eigenvalue weighted by molar-refractivity contribution is 7.99. The quantitative estimate of drug-likeness (QED) is 0.558. The van der Waals surface area contributed by atoms with Gasteiger partial charge in [0.05, 0.1) is 5.75 Å². The van der Waals surface area contributed by atoms with E-state index >= 15 is 0 Å². The lowest BCUT2D eigenvalue weighted by Crippen LogP contribution is -2.18. The smallest absolute Gasteiger partial charge is 0.234 e. The third-order valence-electron chi connectivity index (χ3n) is 5.22. The molecular weight excluding hydrogens is 418 g/mol. The molecule has 30 heavy (non-hydrogen) atoms.